The Morgan fingerprint density at radius 1 is 1.37 bits per heavy atom. The smallest absolute Gasteiger partial charge is 0.252 e. The van der Waals surface area contributed by atoms with E-state index in [1.807, 2.05) is 26.0 Å². The highest BCUT2D eigenvalue weighted by atomic mass is 35.5. The van der Waals surface area contributed by atoms with Crippen LogP contribution in [0.2, 0.25) is 5.15 Å². The standard InChI is InChI=1S/C12H12ClN5O/c1-7-4-8(2)16-12(15-7)18-11(13)9(5-14)10(17-18)6-19-3/h4H,6H2,1-3H3. The topological polar surface area (TPSA) is 76.6 Å². The summed E-state index contributed by atoms with van der Waals surface area (Å²) in [7, 11) is 1.53. The lowest BCUT2D eigenvalue weighted by Crippen LogP contribution is -2.06. The Morgan fingerprint density at radius 2 is 2.00 bits per heavy atom. The van der Waals surface area contributed by atoms with E-state index in [-0.39, 0.29) is 17.3 Å². The molecule has 0 atom stereocenters. The molecule has 0 aliphatic carbocycles. The van der Waals surface area contributed by atoms with Crippen molar-refractivity contribution in [2.75, 3.05) is 7.11 Å². The molecule has 0 spiro atoms. The summed E-state index contributed by atoms with van der Waals surface area (Å²) >= 11 is 6.15. The van der Waals surface area contributed by atoms with Crippen LogP contribution in [-0.2, 0) is 11.3 Å². The second-order valence-electron chi connectivity index (χ2n) is 4.02. The van der Waals surface area contributed by atoms with Crippen LogP contribution in [0.4, 0.5) is 0 Å². The quantitative estimate of drug-likeness (QED) is 0.857. The minimum atomic E-state index is 0.194. The van der Waals surface area contributed by atoms with Crippen LogP contribution >= 0.6 is 11.6 Å². The van der Waals surface area contributed by atoms with Crippen molar-refractivity contribution in [3.63, 3.8) is 0 Å². The zero-order valence-electron chi connectivity index (χ0n) is 10.8. The molecule has 0 bridgehead atoms. The lowest BCUT2D eigenvalue weighted by molar-refractivity contribution is 0.181. The van der Waals surface area contributed by atoms with Gasteiger partial charge in [0.15, 0.2) is 5.15 Å². The van der Waals surface area contributed by atoms with Gasteiger partial charge >= 0.3 is 0 Å². The first-order valence-electron chi connectivity index (χ1n) is 5.56. The van der Waals surface area contributed by atoms with Crippen molar-refractivity contribution in [1.29, 1.82) is 5.26 Å². The monoisotopic (exact) mass is 277 g/mol. The Balaban J connectivity index is 2.59. The van der Waals surface area contributed by atoms with E-state index in [4.69, 9.17) is 21.6 Å². The lowest BCUT2D eigenvalue weighted by atomic mass is 10.3. The number of hydrogen-bond acceptors (Lipinski definition) is 5. The van der Waals surface area contributed by atoms with Crippen LogP contribution in [0.5, 0.6) is 0 Å². The van der Waals surface area contributed by atoms with Gasteiger partial charge in [-0.2, -0.15) is 15.0 Å². The predicted octanol–water partition coefficient (Wildman–Crippen LogP) is 1.95. The molecule has 0 aliphatic heterocycles. The van der Waals surface area contributed by atoms with E-state index in [2.05, 4.69) is 15.1 Å². The summed E-state index contributed by atoms with van der Waals surface area (Å²) in [5.74, 6) is 0.348. The zero-order valence-corrected chi connectivity index (χ0v) is 11.6. The van der Waals surface area contributed by atoms with Crippen molar-refractivity contribution in [2.24, 2.45) is 0 Å². The molecule has 98 valence electrons. The average Bonchev–Trinajstić information content (AvgIpc) is 2.65. The number of rotatable bonds is 3. The highest BCUT2D eigenvalue weighted by Crippen LogP contribution is 2.22. The fourth-order valence-electron chi connectivity index (χ4n) is 1.72. The number of halogens is 1. The lowest BCUT2D eigenvalue weighted by Gasteiger charge is -2.03. The molecule has 0 N–H and O–H groups in total. The second-order valence-corrected chi connectivity index (χ2v) is 4.38. The maximum atomic E-state index is 9.11. The fourth-order valence-corrected chi connectivity index (χ4v) is 1.99. The van der Waals surface area contributed by atoms with Crippen molar-refractivity contribution in [3.8, 4) is 12.0 Å². The van der Waals surface area contributed by atoms with Crippen molar-refractivity contribution >= 4 is 11.6 Å². The predicted molar refractivity (Wildman–Crippen MR) is 69.1 cm³/mol. The van der Waals surface area contributed by atoms with Gasteiger partial charge in [-0.1, -0.05) is 11.6 Å². The molecule has 2 aromatic rings. The van der Waals surface area contributed by atoms with E-state index >= 15 is 0 Å². The Bertz CT molecular complexity index is 639. The molecule has 2 aromatic heterocycles. The number of aryl methyl sites for hydroxylation is 2. The van der Waals surface area contributed by atoms with E-state index in [1.165, 1.54) is 11.8 Å². The van der Waals surface area contributed by atoms with Gasteiger partial charge in [0, 0.05) is 18.5 Å². The molecular weight excluding hydrogens is 266 g/mol. The molecule has 2 heterocycles. The Kier molecular flexibility index (Phi) is 3.79. The summed E-state index contributed by atoms with van der Waals surface area (Å²) in [6.07, 6.45) is 0. The number of nitrogens with zero attached hydrogens (tertiary/aromatic N) is 5. The average molecular weight is 278 g/mol. The second kappa shape index (κ2) is 5.34. The third-order valence-electron chi connectivity index (χ3n) is 2.45. The summed E-state index contributed by atoms with van der Waals surface area (Å²) in [4.78, 5) is 8.54. The molecule has 0 aliphatic rings. The van der Waals surface area contributed by atoms with Gasteiger partial charge in [0.1, 0.15) is 17.3 Å². The van der Waals surface area contributed by atoms with Crippen LogP contribution in [0, 0.1) is 25.2 Å². The van der Waals surface area contributed by atoms with E-state index in [1.54, 1.807) is 0 Å². The molecule has 0 saturated carbocycles. The molecule has 0 radical (unpaired) electrons. The number of nitriles is 1. The van der Waals surface area contributed by atoms with Crippen LogP contribution in [0.1, 0.15) is 22.6 Å². The van der Waals surface area contributed by atoms with Gasteiger partial charge < -0.3 is 4.74 Å². The first-order chi connectivity index (χ1) is 9.06. The van der Waals surface area contributed by atoms with Crippen LogP contribution in [0.25, 0.3) is 5.95 Å². The number of ether oxygens (including phenoxy) is 1. The van der Waals surface area contributed by atoms with Crippen LogP contribution in [0.3, 0.4) is 0 Å². The van der Waals surface area contributed by atoms with Gasteiger partial charge in [-0.05, 0) is 19.9 Å². The Labute approximate surface area is 115 Å². The fraction of sp³-hybridized carbons (Fsp3) is 0.333. The molecule has 6 nitrogen and oxygen atoms in total. The van der Waals surface area contributed by atoms with Gasteiger partial charge in [-0.25, -0.2) is 9.97 Å². The molecule has 19 heavy (non-hydrogen) atoms. The van der Waals surface area contributed by atoms with Crippen molar-refractivity contribution < 1.29 is 4.74 Å². The van der Waals surface area contributed by atoms with Gasteiger partial charge in [0.2, 0.25) is 0 Å². The van der Waals surface area contributed by atoms with Crippen LogP contribution in [-0.4, -0.2) is 26.9 Å². The molecule has 0 amide bonds. The van der Waals surface area contributed by atoms with Crippen LogP contribution < -0.4 is 0 Å². The summed E-state index contributed by atoms with van der Waals surface area (Å²) in [5.41, 5.74) is 2.37. The number of hydrogen-bond donors (Lipinski definition) is 0. The maximum Gasteiger partial charge on any atom is 0.252 e. The van der Waals surface area contributed by atoms with E-state index < -0.39 is 0 Å². The third kappa shape index (κ3) is 2.57. The molecule has 0 fully saturated rings. The summed E-state index contributed by atoms with van der Waals surface area (Å²) in [5, 5.41) is 13.5. The van der Waals surface area contributed by atoms with Crippen molar-refractivity contribution in [3.05, 3.63) is 33.9 Å². The van der Waals surface area contributed by atoms with Gasteiger partial charge in [0.05, 0.1) is 6.61 Å². The number of methoxy groups -OCH3 is 1. The highest BCUT2D eigenvalue weighted by Gasteiger charge is 2.18. The van der Waals surface area contributed by atoms with Crippen molar-refractivity contribution in [2.45, 2.75) is 20.5 Å². The summed E-state index contributed by atoms with van der Waals surface area (Å²) in [6, 6.07) is 3.87. The Hall–Kier alpha value is -1.97. The molecular formula is C12H12ClN5O. The van der Waals surface area contributed by atoms with Gasteiger partial charge in [-0.15, -0.1) is 0 Å². The molecule has 7 heteroatoms. The van der Waals surface area contributed by atoms with E-state index in [9.17, 15) is 0 Å². The van der Waals surface area contributed by atoms with Gasteiger partial charge in [-0.3, -0.25) is 0 Å². The minimum Gasteiger partial charge on any atom is -0.378 e. The summed E-state index contributed by atoms with van der Waals surface area (Å²) in [6.45, 7) is 3.92. The van der Waals surface area contributed by atoms with Crippen LogP contribution in [0.15, 0.2) is 6.07 Å². The largest absolute Gasteiger partial charge is 0.378 e. The third-order valence-corrected chi connectivity index (χ3v) is 2.80. The summed E-state index contributed by atoms with van der Waals surface area (Å²) < 4.78 is 6.35. The van der Waals surface area contributed by atoms with Gasteiger partial charge in [0.25, 0.3) is 5.95 Å². The SMILES string of the molecule is COCc1nn(-c2nc(C)cc(C)n2)c(Cl)c1C#N. The molecule has 0 saturated heterocycles. The molecule has 0 aromatic carbocycles. The minimum absolute atomic E-state index is 0.194. The zero-order chi connectivity index (χ0) is 14.0. The van der Waals surface area contributed by atoms with E-state index in [0.717, 1.165) is 11.4 Å². The number of aromatic nitrogens is 4. The Morgan fingerprint density at radius 3 is 2.53 bits per heavy atom. The normalized spacial score (nSPS) is 10.5. The molecule has 0 unspecified atom stereocenters. The van der Waals surface area contributed by atoms with E-state index in [0.29, 0.717) is 11.6 Å². The first-order valence-corrected chi connectivity index (χ1v) is 5.93. The van der Waals surface area contributed by atoms with Crippen molar-refractivity contribution in [1.82, 2.24) is 19.7 Å². The first kappa shape index (κ1) is 13.5. The highest BCUT2D eigenvalue weighted by molar-refractivity contribution is 6.31. The molecule has 2 rings (SSSR count). The maximum absolute atomic E-state index is 9.11.